The van der Waals surface area contributed by atoms with Crippen molar-refractivity contribution < 1.29 is 27.8 Å². The highest BCUT2D eigenvalue weighted by molar-refractivity contribution is 5.82. The SMILES string of the molecule is O=C(O)Nc1ccc(Oc2cccc(C(F)(F)F)c2)cc1. The molecular weight excluding hydrogens is 287 g/mol. The van der Waals surface area contributed by atoms with Gasteiger partial charge >= 0.3 is 12.3 Å². The first-order valence-corrected chi connectivity index (χ1v) is 5.80. The van der Waals surface area contributed by atoms with Gasteiger partial charge in [0.15, 0.2) is 0 Å². The van der Waals surface area contributed by atoms with E-state index in [-0.39, 0.29) is 5.75 Å². The number of hydrogen-bond donors (Lipinski definition) is 2. The van der Waals surface area contributed by atoms with Crippen LogP contribution in [0.25, 0.3) is 0 Å². The van der Waals surface area contributed by atoms with Crippen LogP contribution >= 0.6 is 0 Å². The zero-order chi connectivity index (χ0) is 15.5. The summed E-state index contributed by atoms with van der Waals surface area (Å²) in [6.07, 6.45) is -5.64. The van der Waals surface area contributed by atoms with Crippen molar-refractivity contribution in [1.82, 2.24) is 0 Å². The van der Waals surface area contributed by atoms with Gasteiger partial charge in [0.2, 0.25) is 0 Å². The van der Waals surface area contributed by atoms with Crippen molar-refractivity contribution in [2.24, 2.45) is 0 Å². The lowest BCUT2D eigenvalue weighted by Crippen LogP contribution is -2.06. The minimum atomic E-state index is -4.44. The van der Waals surface area contributed by atoms with Crippen molar-refractivity contribution in [3.8, 4) is 11.5 Å². The molecule has 0 heterocycles. The maximum atomic E-state index is 12.6. The number of anilines is 1. The molecule has 0 saturated heterocycles. The summed E-state index contributed by atoms with van der Waals surface area (Å²) >= 11 is 0. The van der Waals surface area contributed by atoms with E-state index in [0.29, 0.717) is 11.4 Å². The van der Waals surface area contributed by atoms with E-state index in [0.717, 1.165) is 12.1 Å². The van der Waals surface area contributed by atoms with Crippen LogP contribution in [-0.4, -0.2) is 11.2 Å². The fourth-order valence-corrected chi connectivity index (χ4v) is 1.60. The molecular formula is C14H10F3NO3. The second kappa shape index (κ2) is 5.74. The van der Waals surface area contributed by atoms with E-state index in [1.165, 1.54) is 36.4 Å². The molecule has 2 aromatic carbocycles. The predicted octanol–water partition coefficient (Wildman–Crippen LogP) is 4.59. The summed E-state index contributed by atoms with van der Waals surface area (Å²) < 4.78 is 43.0. The number of hydrogen-bond acceptors (Lipinski definition) is 2. The normalized spacial score (nSPS) is 11.0. The molecule has 0 saturated carbocycles. The molecule has 2 N–H and O–H groups in total. The Labute approximate surface area is 117 Å². The Morgan fingerprint density at radius 3 is 2.29 bits per heavy atom. The second-order valence-corrected chi connectivity index (χ2v) is 4.08. The van der Waals surface area contributed by atoms with E-state index in [4.69, 9.17) is 9.84 Å². The molecule has 0 aliphatic carbocycles. The van der Waals surface area contributed by atoms with Crippen LogP contribution in [0, 0.1) is 0 Å². The van der Waals surface area contributed by atoms with Crippen molar-refractivity contribution in [2.45, 2.75) is 6.18 Å². The number of amides is 1. The Kier molecular flexibility index (Phi) is 4.02. The summed E-state index contributed by atoms with van der Waals surface area (Å²) in [5.41, 5.74) is -0.469. The highest BCUT2D eigenvalue weighted by Crippen LogP contribution is 2.32. The van der Waals surface area contributed by atoms with Crippen LogP contribution in [0.15, 0.2) is 48.5 Å². The van der Waals surface area contributed by atoms with Crippen LogP contribution in [0.1, 0.15) is 5.56 Å². The number of halogens is 3. The Hall–Kier alpha value is -2.70. The van der Waals surface area contributed by atoms with Gasteiger partial charge in [0.1, 0.15) is 11.5 Å². The van der Waals surface area contributed by atoms with E-state index in [2.05, 4.69) is 5.32 Å². The molecule has 0 fully saturated rings. The zero-order valence-corrected chi connectivity index (χ0v) is 10.5. The van der Waals surface area contributed by atoms with E-state index in [1.54, 1.807) is 0 Å². The topological polar surface area (TPSA) is 58.6 Å². The van der Waals surface area contributed by atoms with Crippen LogP contribution in [-0.2, 0) is 6.18 Å². The average molecular weight is 297 g/mol. The Bertz CT molecular complexity index is 639. The lowest BCUT2D eigenvalue weighted by Gasteiger charge is -2.10. The molecule has 0 bridgehead atoms. The van der Waals surface area contributed by atoms with Gasteiger partial charge in [0, 0.05) is 5.69 Å². The molecule has 7 heteroatoms. The van der Waals surface area contributed by atoms with Gasteiger partial charge in [-0.2, -0.15) is 13.2 Å². The summed E-state index contributed by atoms with van der Waals surface area (Å²) in [5.74, 6) is 0.342. The number of carboxylic acid groups (broad SMARTS) is 1. The molecule has 4 nitrogen and oxygen atoms in total. The van der Waals surface area contributed by atoms with Crippen LogP contribution in [0.3, 0.4) is 0 Å². The van der Waals surface area contributed by atoms with Crippen molar-refractivity contribution in [3.63, 3.8) is 0 Å². The number of benzene rings is 2. The molecule has 0 aliphatic heterocycles. The Morgan fingerprint density at radius 1 is 1.05 bits per heavy atom. The third-order valence-corrected chi connectivity index (χ3v) is 2.50. The predicted molar refractivity (Wildman–Crippen MR) is 69.6 cm³/mol. The minimum Gasteiger partial charge on any atom is -0.465 e. The van der Waals surface area contributed by atoms with Crippen molar-refractivity contribution in [2.75, 3.05) is 5.32 Å². The Balaban J connectivity index is 2.13. The largest absolute Gasteiger partial charge is 0.465 e. The number of rotatable bonds is 3. The fourth-order valence-electron chi connectivity index (χ4n) is 1.60. The standard InChI is InChI=1S/C14H10F3NO3/c15-14(16,17)9-2-1-3-12(8-9)21-11-6-4-10(5-7-11)18-13(19)20/h1-8,18H,(H,19,20). The number of alkyl halides is 3. The average Bonchev–Trinajstić information content (AvgIpc) is 2.40. The van der Waals surface area contributed by atoms with E-state index < -0.39 is 17.8 Å². The van der Waals surface area contributed by atoms with Gasteiger partial charge in [-0.05, 0) is 42.5 Å². The van der Waals surface area contributed by atoms with Crippen LogP contribution in [0.4, 0.5) is 23.7 Å². The molecule has 0 radical (unpaired) electrons. The third-order valence-electron chi connectivity index (χ3n) is 2.50. The molecule has 0 aliphatic rings. The first kappa shape index (κ1) is 14.7. The zero-order valence-electron chi connectivity index (χ0n) is 10.5. The smallest absolute Gasteiger partial charge is 0.416 e. The summed E-state index contributed by atoms with van der Waals surface area (Å²) in [5, 5.41) is 10.7. The number of ether oxygens (including phenoxy) is 1. The molecule has 0 spiro atoms. The first-order chi connectivity index (χ1) is 9.84. The summed E-state index contributed by atoms with van der Waals surface area (Å²) in [4.78, 5) is 10.4. The van der Waals surface area contributed by atoms with Gasteiger partial charge in [-0.1, -0.05) is 6.07 Å². The third kappa shape index (κ3) is 4.13. The molecule has 0 unspecified atom stereocenters. The lowest BCUT2D eigenvalue weighted by atomic mass is 10.2. The monoisotopic (exact) mass is 297 g/mol. The van der Waals surface area contributed by atoms with Gasteiger partial charge < -0.3 is 9.84 Å². The summed E-state index contributed by atoms with van der Waals surface area (Å²) in [6, 6.07) is 10.3. The lowest BCUT2D eigenvalue weighted by molar-refractivity contribution is -0.137. The second-order valence-electron chi connectivity index (χ2n) is 4.08. The first-order valence-electron chi connectivity index (χ1n) is 5.80. The van der Waals surface area contributed by atoms with Crippen LogP contribution < -0.4 is 10.1 Å². The van der Waals surface area contributed by atoms with Crippen LogP contribution in [0.2, 0.25) is 0 Å². The van der Waals surface area contributed by atoms with Gasteiger partial charge in [-0.15, -0.1) is 0 Å². The van der Waals surface area contributed by atoms with Gasteiger partial charge in [-0.25, -0.2) is 4.79 Å². The van der Waals surface area contributed by atoms with E-state index >= 15 is 0 Å². The molecule has 1 amide bonds. The van der Waals surface area contributed by atoms with Crippen molar-refractivity contribution >= 4 is 11.8 Å². The van der Waals surface area contributed by atoms with Gasteiger partial charge in [0.05, 0.1) is 5.56 Å². The number of carbonyl (C=O) groups is 1. The fraction of sp³-hybridized carbons (Fsp3) is 0.0714. The van der Waals surface area contributed by atoms with E-state index in [1.807, 2.05) is 0 Å². The molecule has 110 valence electrons. The molecule has 2 aromatic rings. The summed E-state index contributed by atoms with van der Waals surface area (Å²) in [6.45, 7) is 0. The molecule has 0 atom stereocenters. The highest BCUT2D eigenvalue weighted by Gasteiger charge is 2.30. The summed E-state index contributed by atoms with van der Waals surface area (Å²) in [7, 11) is 0. The van der Waals surface area contributed by atoms with Gasteiger partial charge in [0.25, 0.3) is 0 Å². The van der Waals surface area contributed by atoms with Crippen LogP contribution in [0.5, 0.6) is 11.5 Å². The van der Waals surface area contributed by atoms with Gasteiger partial charge in [-0.3, -0.25) is 5.32 Å². The molecule has 21 heavy (non-hydrogen) atoms. The molecule has 0 aromatic heterocycles. The van der Waals surface area contributed by atoms with E-state index in [9.17, 15) is 18.0 Å². The minimum absolute atomic E-state index is 0.0452. The maximum absolute atomic E-state index is 12.6. The number of nitrogens with one attached hydrogen (secondary N) is 1. The van der Waals surface area contributed by atoms with Crippen molar-refractivity contribution in [1.29, 1.82) is 0 Å². The molecule has 2 rings (SSSR count). The maximum Gasteiger partial charge on any atom is 0.416 e. The highest BCUT2D eigenvalue weighted by atomic mass is 19.4. The quantitative estimate of drug-likeness (QED) is 0.871. The van der Waals surface area contributed by atoms with Crippen molar-refractivity contribution in [3.05, 3.63) is 54.1 Å². The Morgan fingerprint density at radius 2 is 1.71 bits per heavy atom.